The van der Waals surface area contributed by atoms with Crippen molar-refractivity contribution in [2.24, 2.45) is 5.73 Å². The first-order valence-corrected chi connectivity index (χ1v) is 13.4. The fourth-order valence-electron chi connectivity index (χ4n) is 2.92. The number of aliphatic hydroxyl groups is 1. The van der Waals surface area contributed by atoms with E-state index in [2.05, 4.69) is 45.6 Å². The lowest BCUT2D eigenvalue weighted by atomic mass is 10.1. The van der Waals surface area contributed by atoms with Gasteiger partial charge in [0.05, 0.1) is 25.9 Å². The van der Waals surface area contributed by atoms with Crippen molar-refractivity contribution in [2.45, 2.75) is 90.0 Å². The van der Waals surface area contributed by atoms with Crippen LogP contribution in [0.2, 0.25) is 0 Å². The summed E-state index contributed by atoms with van der Waals surface area (Å²) in [4.78, 5) is 23.4. The third-order valence-electron chi connectivity index (χ3n) is 4.74. The normalized spacial score (nSPS) is 14.8. The molecule has 0 saturated heterocycles. The molecule has 0 aliphatic heterocycles. The molecule has 0 fully saturated rings. The molecule has 32 heavy (non-hydrogen) atoms. The maximum atomic E-state index is 12.0. The van der Waals surface area contributed by atoms with Crippen LogP contribution in [0.15, 0.2) is 24.3 Å². The van der Waals surface area contributed by atoms with Gasteiger partial charge in [-0.25, -0.2) is 0 Å². The summed E-state index contributed by atoms with van der Waals surface area (Å²) in [6.07, 6.45) is 21.5. The van der Waals surface area contributed by atoms with Crippen molar-refractivity contribution < 1.29 is 28.4 Å². The van der Waals surface area contributed by atoms with Crippen LogP contribution in [0, 0.1) is 0 Å². The van der Waals surface area contributed by atoms with E-state index in [1.165, 1.54) is 25.7 Å². The van der Waals surface area contributed by atoms with Gasteiger partial charge in [-0.05, 0) is 38.5 Å². The Labute approximate surface area is 194 Å². The number of hydrogen-bond acceptors (Lipinski definition) is 7. The lowest BCUT2D eigenvalue weighted by molar-refractivity contribution is -0.225. The largest absolute Gasteiger partial charge is 0.756 e. The van der Waals surface area contributed by atoms with Gasteiger partial charge in [0, 0.05) is 13.0 Å². The van der Waals surface area contributed by atoms with Gasteiger partial charge in [0.15, 0.2) is 0 Å². The molecule has 0 heterocycles. The van der Waals surface area contributed by atoms with E-state index < -0.39 is 20.5 Å². The van der Waals surface area contributed by atoms with E-state index in [0.29, 0.717) is 6.42 Å². The lowest BCUT2D eigenvalue weighted by Crippen LogP contribution is -2.40. The zero-order valence-corrected chi connectivity index (χ0v) is 20.6. The van der Waals surface area contributed by atoms with Crippen LogP contribution < -0.4 is 15.9 Å². The molecule has 0 aliphatic rings. The van der Waals surface area contributed by atoms with Crippen molar-refractivity contribution in [3.05, 3.63) is 24.3 Å². The van der Waals surface area contributed by atoms with E-state index in [9.17, 15) is 19.4 Å². The summed E-state index contributed by atoms with van der Waals surface area (Å²) < 4.78 is 20.6. The summed E-state index contributed by atoms with van der Waals surface area (Å²) in [5, 5.41) is 11.9. The molecule has 2 unspecified atom stereocenters. The lowest BCUT2D eigenvalue weighted by Gasteiger charge is -2.25. The van der Waals surface area contributed by atoms with Gasteiger partial charge in [0.25, 0.3) is 7.82 Å². The van der Waals surface area contributed by atoms with Gasteiger partial charge in [-0.15, -0.1) is 0 Å². The van der Waals surface area contributed by atoms with Crippen molar-refractivity contribution >= 4 is 13.7 Å². The molecule has 2 atom stereocenters. The number of phosphoric acid groups is 1. The molecule has 4 N–H and O–H groups in total. The summed E-state index contributed by atoms with van der Waals surface area (Å²) in [5.74, 6) is -0.234. The average molecular weight is 476 g/mol. The second-order valence-corrected chi connectivity index (χ2v) is 9.20. The molecule has 1 amide bonds. The molecule has 188 valence electrons. The molecule has 0 spiro atoms. The Morgan fingerprint density at radius 1 is 1.03 bits per heavy atom. The van der Waals surface area contributed by atoms with Gasteiger partial charge in [-0.1, -0.05) is 63.3 Å². The Kier molecular flexibility index (Phi) is 21.1. The van der Waals surface area contributed by atoms with Crippen LogP contribution in [0.4, 0.5) is 0 Å². The zero-order chi connectivity index (χ0) is 23.9. The first-order chi connectivity index (χ1) is 15.4. The number of aliphatic hydroxyl groups excluding tert-OH is 1. The van der Waals surface area contributed by atoms with Crippen molar-refractivity contribution in [3.63, 3.8) is 0 Å². The van der Waals surface area contributed by atoms with Crippen LogP contribution in [0.25, 0.3) is 0 Å². The molecule has 0 aliphatic carbocycles. The summed E-state index contributed by atoms with van der Waals surface area (Å²) in [6.45, 7) is 1.28. The Balaban J connectivity index is 3.69. The minimum absolute atomic E-state index is 0.0449. The number of carbonyl (C=O) groups is 1. The topological polar surface area (TPSA) is 134 Å². The number of carbonyl (C=O) groups excluding carboxylic acids is 1. The predicted octanol–water partition coefficient (Wildman–Crippen LogP) is 3.74. The minimum atomic E-state index is -4.47. The molecule has 0 radical (unpaired) electrons. The minimum Gasteiger partial charge on any atom is -0.756 e. The molecule has 0 aromatic heterocycles. The van der Waals surface area contributed by atoms with Crippen LogP contribution in [0.3, 0.4) is 0 Å². The highest BCUT2D eigenvalue weighted by Crippen LogP contribution is 2.37. The van der Waals surface area contributed by atoms with E-state index in [-0.39, 0.29) is 25.7 Å². The van der Waals surface area contributed by atoms with Crippen LogP contribution in [-0.4, -0.2) is 43.4 Å². The summed E-state index contributed by atoms with van der Waals surface area (Å²) in [5.41, 5.74) is 5.17. The van der Waals surface area contributed by atoms with Crippen LogP contribution in [0.5, 0.6) is 0 Å². The highest BCUT2D eigenvalue weighted by atomic mass is 31.2. The number of hydrogen-bond donors (Lipinski definition) is 3. The molecule has 8 nitrogen and oxygen atoms in total. The number of allylic oxidation sites excluding steroid dienone is 4. The van der Waals surface area contributed by atoms with Crippen molar-refractivity contribution in [3.8, 4) is 0 Å². The Morgan fingerprint density at radius 3 is 2.28 bits per heavy atom. The van der Waals surface area contributed by atoms with Gasteiger partial charge >= 0.3 is 0 Å². The maximum Gasteiger partial charge on any atom is 0.267 e. The second-order valence-electron chi connectivity index (χ2n) is 7.79. The predicted molar refractivity (Wildman–Crippen MR) is 127 cm³/mol. The van der Waals surface area contributed by atoms with Crippen molar-refractivity contribution in [2.75, 3.05) is 26.4 Å². The van der Waals surface area contributed by atoms with Crippen molar-refractivity contribution in [1.82, 2.24) is 5.32 Å². The Bertz CT molecular complexity index is 557. The number of rotatable bonds is 22. The van der Waals surface area contributed by atoms with E-state index in [4.69, 9.17) is 5.73 Å². The summed E-state index contributed by atoms with van der Waals surface area (Å²) in [6, 6.07) is -0.802. The monoisotopic (exact) mass is 475 g/mol. The van der Waals surface area contributed by atoms with Gasteiger partial charge in [-0.3, -0.25) is 9.36 Å². The smallest absolute Gasteiger partial charge is 0.267 e. The number of nitrogens with one attached hydrogen (secondary N) is 1. The number of nitrogens with two attached hydrogens (primary N) is 1. The molecule has 0 rings (SSSR count). The average Bonchev–Trinajstić information content (AvgIpc) is 2.77. The van der Waals surface area contributed by atoms with E-state index in [1.54, 1.807) is 0 Å². The van der Waals surface area contributed by atoms with Crippen LogP contribution >= 0.6 is 7.82 Å². The second kappa shape index (κ2) is 21.8. The molecule has 0 aromatic rings. The van der Waals surface area contributed by atoms with Gasteiger partial charge < -0.3 is 30.1 Å². The standard InChI is InChI=1S/C23H45N2O6P/c1-2-3-4-5-6-7-8-9-10-11-12-13-14-15-16-17-23(27)25-22(20-26)21-31-32(28,29)30-19-18-24/h6-7,9-10,22,26H,2-5,8,11-21,24H2,1H3,(H,25,27)(H,28,29)/p-1/b7-6-,10-9-. The molecular formula is C23H44N2O6P-. The third kappa shape index (κ3) is 20.9. The first-order valence-electron chi connectivity index (χ1n) is 12.0. The highest BCUT2D eigenvalue weighted by Gasteiger charge is 2.16. The summed E-state index contributed by atoms with van der Waals surface area (Å²) >= 11 is 0. The Hall–Kier alpha value is -1.02. The third-order valence-corrected chi connectivity index (χ3v) is 5.71. The maximum absolute atomic E-state index is 12.0. The fraction of sp³-hybridized carbons (Fsp3) is 0.783. The van der Waals surface area contributed by atoms with Crippen LogP contribution in [-0.2, 0) is 18.4 Å². The molecule has 9 heteroatoms. The molecule has 0 saturated carbocycles. The van der Waals surface area contributed by atoms with E-state index in [1.807, 2.05) is 0 Å². The Morgan fingerprint density at radius 2 is 1.66 bits per heavy atom. The van der Waals surface area contributed by atoms with Gasteiger partial charge in [-0.2, -0.15) is 0 Å². The quantitative estimate of drug-likeness (QED) is 0.123. The van der Waals surface area contributed by atoms with Crippen molar-refractivity contribution in [1.29, 1.82) is 0 Å². The number of unbranched alkanes of at least 4 members (excludes halogenated alkanes) is 8. The first kappa shape index (κ1) is 31.0. The van der Waals surface area contributed by atoms with E-state index in [0.717, 1.165) is 44.9 Å². The molecule has 0 aromatic carbocycles. The van der Waals surface area contributed by atoms with Gasteiger partial charge in [0.2, 0.25) is 5.91 Å². The van der Waals surface area contributed by atoms with E-state index >= 15 is 0 Å². The molecular weight excluding hydrogens is 431 g/mol. The number of amides is 1. The SMILES string of the molecule is CCCCC/C=C\C/C=C\CCCCCCCC(=O)NC(CO)COP(=O)([O-])OCCN. The summed E-state index contributed by atoms with van der Waals surface area (Å²) in [7, 11) is -4.47. The van der Waals surface area contributed by atoms with Crippen LogP contribution in [0.1, 0.15) is 84.0 Å². The fourth-order valence-corrected chi connectivity index (χ4v) is 3.69. The highest BCUT2D eigenvalue weighted by molar-refractivity contribution is 7.45. The zero-order valence-electron chi connectivity index (χ0n) is 19.7. The van der Waals surface area contributed by atoms with Gasteiger partial charge in [0.1, 0.15) is 0 Å². The number of phosphoric ester groups is 1. The molecule has 0 bridgehead atoms.